The van der Waals surface area contributed by atoms with Crippen molar-refractivity contribution in [3.63, 3.8) is 0 Å². The van der Waals surface area contributed by atoms with Crippen LogP contribution in [-0.2, 0) is 0 Å². The molecule has 0 saturated heterocycles. The highest BCUT2D eigenvalue weighted by Crippen LogP contribution is 2.10. The number of rotatable bonds is 0. The van der Waals surface area contributed by atoms with E-state index in [1.165, 1.54) is 6.34 Å². The standard InChI is InChI=1S/C7H6N4/c1-2-6-7(9-3-1)4-8-5-10-11-6/h1-5,11H. The van der Waals surface area contributed by atoms with E-state index in [1.54, 1.807) is 12.4 Å². The van der Waals surface area contributed by atoms with Gasteiger partial charge in [0, 0.05) is 6.20 Å². The Balaban J connectivity index is 2.52. The van der Waals surface area contributed by atoms with Gasteiger partial charge < -0.3 is 0 Å². The largest absolute Gasteiger partial charge is 0.275 e. The second-order valence-electron chi connectivity index (χ2n) is 2.07. The number of aliphatic imine (C=N–C) groups is 1. The summed E-state index contributed by atoms with van der Waals surface area (Å²) in [5.41, 5.74) is 4.50. The van der Waals surface area contributed by atoms with Gasteiger partial charge in [-0.15, -0.1) is 0 Å². The average molecular weight is 146 g/mol. The first-order valence-electron chi connectivity index (χ1n) is 3.22. The molecule has 4 heteroatoms. The predicted molar refractivity (Wildman–Crippen MR) is 43.9 cm³/mol. The number of fused-ring (bicyclic) bond motifs is 1. The molecular formula is C7H6N4. The summed E-state index contributed by atoms with van der Waals surface area (Å²) in [5.74, 6) is 0. The molecule has 0 atom stereocenters. The smallest absolute Gasteiger partial charge is 0.135 e. The fourth-order valence-corrected chi connectivity index (χ4v) is 0.851. The summed E-state index contributed by atoms with van der Waals surface area (Å²) in [7, 11) is 0. The van der Waals surface area contributed by atoms with Crippen LogP contribution >= 0.6 is 0 Å². The second-order valence-corrected chi connectivity index (χ2v) is 2.07. The van der Waals surface area contributed by atoms with Crippen LogP contribution in [0.4, 0.5) is 5.69 Å². The van der Waals surface area contributed by atoms with Crippen LogP contribution in [-0.4, -0.2) is 17.5 Å². The summed E-state index contributed by atoms with van der Waals surface area (Å²) >= 11 is 0. The maximum Gasteiger partial charge on any atom is 0.135 e. The Morgan fingerprint density at radius 1 is 1.36 bits per heavy atom. The maximum atomic E-state index is 4.09. The fraction of sp³-hybridized carbons (Fsp3) is 0. The Labute approximate surface area is 63.7 Å². The number of aromatic nitrogens is 1. The average Bonchev–Trinajstić information content (AvgIpc) is 2.28. The van der Waals surface area contributed by atoms with E-state index in [0.717, 1.165) is 11.4 Å². The fourth-order valence-electron chi connectivity index (χ4n) is 0.851. The zero-order valence-electron chi connectivity index (χ0n) is 5.73. The Bertz CT molecular complexity index is 316. The number of nitrogens with one attached hydrogen (secondary N) is 1. The molecule has 0 spiro atoms. The lowest BCUT2D eigenvalue weighted by Crippen LogP contribution is -1.93. The zero-order chi connectivity index (χ0) is 7.52. The van der Waals surface area contributed by atoms with Crippen LogP contribution in [0.2, 0.25) is 0 Å². The van der Waals surface area contributed by atoms with Gasteiger partial charge in [-0.1, -0.05) is 0 Å². The van der Waals surface area contributed by atoms with Gasteiger partial charge in [-0.2, -0.15) is 5.10 Å². The Kier molecular flexibility index (Phi) is 1.37. The number of hydrogen-bond acceptors (Lipinski definition) is 4. The van der Waals surface area contributed by atoms with E-state index >= 15 is 0 Å². The third kappa shape index (κ3) is 1.10. The molecule has 0 amide bonds. The van der Waals surface area contributed by atoms with Crippen molar-refractivity contribution in [1.82, 2.24) is 4.98 Å². The van der Waals surface area contributed by atoms with Gasteiger partial charge in [-0.05, 0) is 12.1 Å². The van der Waals surface area contributed by atoms with E-state index in [1.807, 2.05) is 12.1 Å². The van der Waals surface area contributed by atoms with Crippen LogP contribution in [0, 0.1) is 0 Å². The molecule has 1 N–H and O–H groups in total. The van der Waals surface area contributed by atoms with Crippen LogP contribution in [0.1, 0.15) is 5.69 Å². The molecule has 2 heterocycles. The second kappa shape index (κ2) is 2.49. The number of nitrogens with zero attached hydrogens (tertiary/aromatic N) is 3. The number of pyridine rings is 1. The molecule has 0 aliphatic carbocycles. The van der Waals surface area contributed by atoms with Gasteiger partial charge in [0.05, 0.1) is 11.9 Å². The highest BCUT2D eigenvalue weighted by atomic mass is 15.3. The molecule has 0 aromatic carbocycles. The quantitative estimate of drug-likeness (QED) is 0.590. The summed E-state index contributed by atoms with van der Waals surface area (Å²) in [6.07, 6.45) is 4.83. The lowest BCUT2D eigenvalue weighted by Gasteiger charge is -1.98. The molecule has 54 valence electrons. The first kappa shape index (κ1) is 6.03. The highest BCUT2D eigenvalue weighted by molar-refractivity contribution is 5.91. The minimum Gasteiger partial charge on any atom is -0.275 e. The van der Waals surface area contributed by atoms with Crippen molar-refractivity contribution >= 4 is 18.2 Å². The lowest BCUT2D eigenvalue weighted by atomic mass is 10.3. The topological polar surface area (TPSA) is 49.6 Å². The normalized spacial score (nSPS) is 13.5. The van der Waals surface area contributed by atoms with Gasteiger partial charge in [0.25, 0.3) is 0 Å². The van der Waals surface area contributed by atoms with Gasteiger partial charge in [-0.25, -0.2) is 4.99 Å². The third-order valence-corrected chi connectivity index (χ3v) is 1.34. The van der Waals surface area contributed by atoms with E-state index in [4.69, 9.17) is 0 Å². The number of anilines is 1. The van der Waals surface area contributed by atoms with E-state index < -0.39 is 0 Å². The Morgan fingerprint density at radius 2 is 2.36 bits per heavy atom. The molecule has 1 aromatic heterocycles. The molecule has 1 aromatic rings. The third-order valence-electron chi connectivity index (χ3n) is 1.34. The molecule has 2 rings (SSSR count). The van der Waals surface area contributed by atoms with E-state index in [0.29, 0.717) is 0 Å². The molecule has 1 aliphatic heterocycles. The van der Waals surface area contributed by atoms with Crippen molar-refractivity contribution in [2.24, 2.45) is 10.1 Å². The van der Waals surface area contributed by atoms with Crippen LogP contribution in [0.15, 0.2) is 28.4 Å². The molecule has 11 heavy (non-hydrogen) atoms. The molecule has 0 saturated carbocycles. The zero-order valence-corrected chi connectivity index (χ0v) is 5.73. The molecule has 4 nitrogen and oxygen atoms in total. The van der Waals surface area contributed by atoms with E-state index in [9.17, 15) is 0 Å². The summed E-state index contributed by atoms with van der Waals surface area (Å²) in [4.78, 5) is 7.96. The van der Waals surface area contributed by atoms with Crippen LogP contribution < -0.4 is 5.43 Å². The van der Waals surface area contributed by atoms with Crippen molar-refractivity contribution in [3.05, 3.63) is 24.0 Å². The first-order valence-corrected chi connectivity index (χ1v) is 3.22. The SMILES string of the molecule is C1=NC=NNc2cccnc21. The number of hydrazone groups is 1. The summed E-state index contributed by atoms with van der Waals surface area (Å²) in [5, 5.41) is 3.80. The summed E-state index contributed by atoms with van der Waals surface area (Å²) in [6, 6.07) is 3.75. The van der Waals surface area contributed by atoms with E-state index in [2.05, 4.69) is 20.5 Å². The van der Waals surface area contributed by atoms with Gasteiger partial charge >= 0.3 is 0 Å². The van der Waals surface area contributed by atoms with Gasteiger partial charge in [0.15, 0.2) is 0 Å². The molecule has 1 aliphatic rings. The van der Waals surface area contributed by atoms with Crippen molar-refractivity contribution in [3.8, 4) is 0 Å². The van der Waals surface area contributed by atoms with Gasteiger partial charge in [0.2, 0.25) is 0 Å². The molecular weight excluding hydrogens is 140 g/mol. The van der Waals surface area contributed by atoms with Crippen LogP contribution in [0.25, 0.3) is 0 Å². The first-order chi connectivity index (χ1) is 5.47. The Morgan fingerprint density at radius 3 is 3.36 bits per heavy atom. The van der Waals surface area contributed by atoms with Crippen LogP contribution in [0.3, 0.4) is 0 Å². The lowest BCUT2D eigenvalue weighted by molar-refractivity contribution is 1.26. The molecule has 0 fully saturated rings. The van der Waals surface area contributed by atoms with Crippen molar-refractivity contribution in [1.29, 1.82) is 0 Å². The number of hydrogen-bond donors (Lipinski definition) is 1. The monoisotopic (exact) mass is 146 g/mol. The summed E-state index contributed by atoms with van der Waals surface area (Å²) < 4.78 is 0. The van der Waals surface area contributed by atoms with E-state index in [-0.39, 0.29) is 0 Å². The Hall–Kier alpha value is -1.71. The van der Waals surface area contributed by atoms with Gasteiger partial charge in [-0.3, -0.25) is 10.4 Å². The predicted octanol–water partition coefficient (Wildman–Crippen LogP) is 0.869. The molecule has 0 radical (unpaired) electrons. The van der Waals surface area contributed by atoms with Crippen molar-refractivity contribution in [2.75, 3.05) is 5.43 Å². The van der Waals surface area contributed by atoms with Crippen molar-refractivity contribution < 1.29 is 0 Å². The molecule has 0 bridgehead atoms. The van der Waals surface area contributed by atoms with Gasteiger partial charge in [0.1, 0.15) is 12.0 Å². The minimum absolute atomic E-state index is 0.810. The van der Waals surface area contributed by atoms with Crippen LogP contribution in [0.5, 0.6) is 0 Å². The summed E-state index contributed by atoms with van der Waals surface area (Å²) in [6.45, 7) is 0. The highest BCUT2D eigenvalue weighted by Gasteiger charge is 1.99. The minimum atomic E-state index is 0.810. The maximum absolute atomic E-state index is 4.09. The van der Waals surface area contributed by atoms with Crippen molar-refractivity contribution in [2.45, 2.75) is 0 Å². The molecule has 0 unspecified atom stereocenters.